The molecule has 3 aliphatic rings. The highest BCUT2D eigenvalue weighted by Crippen LogP contribution is 2.30. The van der Waals surface area contributed by atoms with Gasteiger partial charge in [-0.15, -0.1) is 0 Å². The van der Waals surface area contributed by atoms with E-state index in [9.17, 15) is 58.2 Å². The minimum absolute atomic E-state index is 0.00888. The van der Waals surface area contributed by atoms with Gasteiger partial charge in [-0.1, -0.05) is 88.0 Å². The Bertz CT molecular complexity index is 3900. The van der Waals surface area contributed by atoms with Gasteiger partial charge in [-0.2, -0.15) is 0 Å². The van der Waals surface area contributed by atoms with Crippen molar-refractivity contribution >= 4 is 144 Å². The maximum Gasteiger partial charge on any atom is 0.303 e. The molecule has 1 aromatic heterocycles. The minimum Gasteiger partial charge on any atom is -0.508 e. The topological polar surface area (TPSA) is 561 Å². The summed E-state index contributed by atoms with van der Waals surface area (Å²) in [4.78, 5) is 206. The Hall–Kier alpha value is -9.91. The average molecular weight is 1560 g/mol. The molecule has 10 atom stereocenters. The number of amides is 13. The molecule has 3 fully saturated rings. The zero-order valence-corrected chi connectivity index (χ0v) is 61.7. The van der Waals surface area contributed by atoms with Gasteiger partial charge in [-0.3, -0.25) is 72.1 Å². The van der Waals surface area contributed by atoms with Crippen LogP contribution >= 0.6 is 44.8 Å². The summed E-state index contributed by atoms with van der Waals surface area (Å²) in [6.07, 6.45) is 0.508. The molecular weight excluding hydrogens is 1470 g/mol. The standard InChI is InChI=1S/C69H92Cl2N18O16S2/c70-40-15-18-43(71)38(30-40)31-49-64(101)81-45(11-5-26-78-69(75)76)60(97)77-27-24-55(92)80-46(19-21-54(73)91)61(98)83-50(32-39-33-79-44-10-4-3-9-42(39)44)65(102)82-47(20-22-57(94)95)62(99)86-51(59(74)96)34-106-107-35-52(66(103)88-58(68(105)85-49)37-7-1-2-8-37)87-63(100)48(29-36-13-16-41(90)17-14-36)84-67(104)53-12-6-28-89(53)56(93)23-25-72/h3-4,9-10,13-18,30,33,37,45-53,58,79,90H,1-2,5-8,11-12,19-29,31-32,34-35,72H2,(H2,73,91)(H2,74,96)(H,77,97)(H,80,92)(H,81,101)(H,82,102)(H,83,98)(H,84,104)(H,85,105)(H,86,99)(H,87,100)(H,88,103)(H,94,95)(H4,75,76,78)/t45-,46-,47-,48-,49-,50-,51+,52-,53-,58-/m0/s1. The average Bonchev–Trinajstić information content (AvgIpc) is 1.81. The molecule has 7 rings (SSSR count). The lowest BCUT2D eigenvalue weighted by Crippen LogP contribution is -2.61. The van der Waals surface area contributed by atoms with E-state index in [4.69, 9.17) is 51.9 Å². The van der Waals surface area contributed by atoms with Gasteiger partial charge in [0.05, 0.1) is 0 Å². The molecule has 34 nitrogen and oxygen atoms in total. The van der Waals surface area contributed by atoms with Crippen LogP contribution in [0.4, 0.5) is 0 Å². The number of aliphatic carboxylic acids is 1. The Morgan fingerprint density at radius 3 is 1.96 bits per heavy atom. The number of aromatic hydroxyl groups is 1. The van der Waals surface area contributed by atoms with E-state index in [1.807, 2.05) is 0 Å². The molecule has 107 heavy (non-hydrogen) atoms. The lowest BCUT2D eigenvalue weighted by atomic mass is 9.95. The largest absolute Gasteiger partial charge is 0.508 e. The summed E-state index contributed by atoms with van der Waals surface area (Å²) in [5.74, 6) is -14.9. The number of nitrogens with zero attached hydrogens (tertiary/aromatic N) is 2. The first-order chi connectivity index (χ1) is 51.1. The molecule has 2 aliphatic heterocycles. The molecule has 0 unspecified atom stereocenters. The van der Waals surface area contributed by atoms with Gasteiger partial charge in [-0.25, -0.2) is 0 Å². The van der Waals surface area contributed by atoms with E-state index in [0.717, 1.165) is 21.6 Å². The number of hydrogen-bond donors (Lipinski definition) is 18. The molecule has 580 valence electrons. The van der Waals surface area contributed by atoms with Crippen molar-refractivity contribution in [2.24, 2.45) is 39.6 Å². The number of para-hydroxylation sites is 1. The Balaban J connectivity index is 1.29. The smallest absolute Gasteiger partial charge is 0.303 e. The molecule has 0 spiro atoms. The van der Waals surface area contributed by atoms with Crippen molar-refractivity contribution in [3.05, 3.63) is 99.7 Å². The molecule has 0 radical (unpaired) electrons. The fourth-order valence-electron chi connectivity index (χ4n) is 12.5. The molecule has 4 aromatic rings. The highest BCUT2D eigenvalue weighted by molar-refractivity contribution is 8.76. The molecule has 3 aromatic carbocycles. The van der Waals surface area contributed by atoms with Crippen molar-refractivity contribution in [2.75, 3.05) is 37.7 Å². The molecule has 1 saturated carbocycles. The van der Waals surface area contributed by atoms with E-state index in [1.165, 1.54) is 47.4 Å². The third-order valence-electron chi connectivity index (χ3n) is 18.2. The van der Waals surface area contributed by atoms with Gasteiger partial charge < -0.3 is 102 Å². The fourth-order valence-corrected chi connectivity index (χ4v) is 15.3. The number of carbonyl (C=O) groups excluding carboxylic acids is 13. The van der Waals surface area contributed by atoms with Crippen LogP contribution in [0.2, 0.25) is 10.0 Å². The van der Waals surface area contributed by atoms with E-state index >= 15 is 19.2 Å². The number of nitrogens with one attached hydrogen (secondary N) is 11. The number of aliphatic imine (C=N–C) groups is 1. The van der Waals surface area contributed by atoms with Gasteiger partial charge >= 0.3 is 5.97 Å². The number of phenols is 1. The van der Waals surface area contributed by atoms with Crippen molar-refractivity contribution in [3.8, 4) is 5.75 Å². The normalized spacial score (nSPS) is 22.8. The van der Waals surface area contributed by atoms with Crippen LogP contribution in [-0.4, -0.2) is 207 Å². The Kier molecular flexibility index (Phi) is 33.0. The number of carbonyl (C=O) groups is 14. The van der Waals surface area contributed by atoms with Crippen molar-refractivity contribution in [2.45, 2.75) is 170 Å². The summed E-state index contributed by atoms with van der Waals surface area (Å²) in [6, 6.07) is 1.84. The molecule has 3 heterocycles. The molecular formula is C69H92Cl2N18O16S2. The lowest BCUT2D eigenvalue weighted by Gasteiger charge is -2.30. The number of aromatic amines is 1. The number of hydrogen-bond acceptors (Lipinski definition) is 19. The number of nitrogens with two attached hydrogens (primary N) is 5. The summed E-state index contributed by atoms with van der Waals surface area (Å²) in [6.45, 7) is -0.224. The van der Waals surface area contributed by atoms with E-state index in [2.05, 4.69) is 63.1 Å². The zero-order valence-electron chi connectivity index (χ0n) is 58.5. The Labute approximate surface area is 633 Å². The quantitative estimate of drug-likeness (QED) is 0.0167. The maximum absolute atomic E-state index is 15.3. The van der Waals surface area contributed by atoms with Gasteiger partial charge in [0.1, 0.15) is 66.2 Å². The van der Waals surface area contributed by atoms with E-state index in [-0.39, 0.29) is 97.8 Å². The van der Waals surface area contributed by atoms with Crippen LogP contribution in [0.5, 0.6) is 5.75 Å². The van der Waals surface area contributed by atoms with Crippen molar-refractivity contribution in [1.82, 2.24) is 63.1 Å². The lowest BCUT2D eigenvalue weighted by molar-refractivity contribution is -0.139. The number of fused-ring (bicyclic) bond motifs is 1. The third-order valence-corrected chi connectivity index (χ3v) is 21.2. The van der Waals surface area contributed by atoms with Crippen LogP contribution in [0.3, 0.4) is 0 Å². The van der Waals surface area contributed by atoms with Gasteiger partial charge in [-0.05, 0) is 110 Å². The number of benzene rings is 3. The monoisotopic (exact) mass is 1560 g/mol. The highest BCUT2D eigenvalue weighted by Gasteiger charge is 2.41. The summed E-state index contributed by atoms with van der Waals surface area (Å²) >= 11 is 13.2. The summed E-state index contributed by atoms with van der Waals surface area (Å²) in [5.41, 5.74) is 30.1. The number of primary amides is 2. The first-order valence-corrected chi connectivity index (χ1v) is 38.2. The van der Waals surface area contributed by atoms with Crippen LogP contribution in [0.1, 0.15) is 107 Å². The number of likely N-dealkylation sites (tertiary alicyclic amines) is 1. The minimum atomic E-state index is -1.75. The number of aromatic nitrogens is 1. The molecule has 0 bridgehead atoms. The number of halogens is 2. The van der Waals surface area contributed by atoms with Gasteiger partial charge in [0.25, 0.3) is 0 Å². The van der Waals surface area contributed by atoms with Crippen LogP contribution in [0, 0.1) is 5.92 Å². The Morgan fingerprint density at radius 1 is 0.664 bits per heavy atom. The second-order valence-corrected chi connectivity index (χ2v) is 29.5. The molecule has 38 heteroatoms. The number of guanidine groups is 1. The van der Waals surface area contributed by atoms with Gasteiger partial charge in [0, 0.05) is 110 Å². The first kappa shape index (κ1) is 84.4. The van der Waals surface area contributed by atoms with Gasteiger partial charge in [0.15, 0.2) is 5.96 Å². The SMILES string of the molecule is NCCC(=O)N1CCC[C@H]1C(=O)N[C@@H](Cc1ccc(O)cc1)C(=O)N[C@H]1CSSC[C@H](C(N)=O)NC(=O)[C@H](CCC(=O)O)NC(=O)[C@H](Cc2c[nH]c3ccccc23)NC(=O)[C@H](CCC(N)=O)NC(=O)CCNC(=O)[C@H](CCCN=C(N)N)NC(=O)[C@H](Cc2cc(Cl)ccc2Cl)NC(=O)[C@H](C2CCCC2)NC1=O. The predicted molar refractivity (Wildman–Crippen MR) is 399 cm³/mol. The molecule has 2 saturated heterocycles. The third kappa shape index (κ3) is 26.5. The summed E-state index contributed by atoms with van der Waals surface area (Å²) in [5, 5.41) is 47.5. The van der Waals surface area contributed by atoms with E-state index < -0.39 is 193 Å². The molecule has 23 N–H and O–H groups in total. The summed E-state index contributed by atoms with van der Waals surface area (Å²) < 4.78 is 0. The zero-order chi connectivity index (χ0) is 77.9. The second-order valence-electron chi connectivity index (χ2n) is 26.1. The van der Waals surface area contributed by atoms with Crippen LogP contribution in [0.25, 0.3) is 10.9 Å². The number of carboxylic acids is 1. The number of carboxylic acid groups (broad SMARTS) is 1. The fraction of sp³-hybridized carbons (Fsp3) is 0.493. The van der Waals surface area contributed by atoms with Crippen LogP contribution in [-0.2, 0) is 86.4 Å². The van der Waals surface area contributed by atoms with Crippen LogP contribution in [0.15, 0.2) is 77.9 Å². The molecule has 13 amide bonds. The van der Waals surface area contributed by atoms with E-state index in [1.54, 1.807) is 30.5 Å². The molecule has 1 aliphatic carbocycles. The number of rotatable bonds is 24. The maximum atomic E-state index is 15.3. The number of H-pyrrole nitrogens is 1. The predicted octanol–water partition coefficient (Wildman–Crippen LogP) is -1.33. The first-order valence-electron chi connectivity index (χ1n) is 34.9. The number of phenolic OH excluding ortho intramolecular Hbond substituents is 1. The highest BCUT2D eigenvalue weighted by atomic mass is 35.5. The van der Waals surface area contributed by atoms with E-state index in [0.29, 0.717) is 54.1 Å². The van der Waals surface area contributed by atoms with Gasteiger partial charge in [0.2, 0.25) is 76.8 Å². The van der Waals surface area contributed by atoms with Crippen LogP contribution < -0.4 is 81.8 Å². The van der Waals surface area contributed by atoms with Crippen molar-refractivity contribution in [3.63, 3.8) is 0 Å². The summed E-state index contributed by atoms with van der Waals surface area (Å²) in [7, 11) is 1.73. The van der Waals surface area contributed by atoms with Crippen molar-refractivity contribution in [1.29, 1.82) is 0 Å². The Morgan fingerprint density at radius 2 is 1.29 bits per heavy atom. The second kappa shape index (κ2) is 41.8. The van der Waals surface area contributed by atoms with Crippen molar-refractivity contribution < 1.29 is 77.3 Å².